The Balaban J connectivity index is 2.28. The maximum Gasteiger partial charge on any atom is 0.273 e. The Hall–Kier alpha value is -1.91. The van der Waals surface area contributed by atoms with Crippen molar-refractivity contribution in [3.8, 4) is 0 Å². The average Bonchev–Trinajstić information content (AvgIpc) is 2.38. The minimum atomic E-state index is -0.440. The van der Waals surface area contributed by atoms with Gasteiger partial charge in [-0.2, -0.15) is 0 Å². The Morgan fingerprint density at radius 3 is 2.84 bits per heavy atom. The zero-order valence-electron chi connectivity index (χ0n) is 11.3. The molecule has 102 valence electrons. The first-order valence-electron chi connectivity index (χ1n) is 6.54. The van der Waals surface area contributed by atoms with Crippen LogP contribution in [0.25, 0.3) is 0 Å². The van der Waals surface area contributed by atoms with Gasteiger partial charge in [-0.1, -0.05) is 13.0 Å². The van der Waals surface area contributed by atoms with Gasteiger partial charge in [0.1, 0.15) is 0 Å². The van der Waals surface area contributed by atoms with Gasteiger partial charge in [0.25, 0.3) is 11.6 Å². The van der Waals surface area contributed by atoms with Crippen molar-refractivity contribution in [2.24, 2.45) is 5.92 Å². The van der Waals surface area contributed by atoms with Crippen LogP contribution in [0.2, 0.25) is 0 Å². The van der Waals surface area contributed by atoms with Crippen LogP contribution >= 0.6 is 0 Å². The Kier molecular flexibility index (Phi) is 3.83. The minimum Gasteiger partial charge on any atom is -0.338 e. The third-order valence-corrected chi connectivity index (χ3v) is 3.68. The lowest BCUT2D eigenvalue weighted by atomic mass is 9.98. The Bertz CT molecular complexity index is 513. The van der Waals surface area contributed by atoms with E-state index in [-0.39, 0.29) is 11.6 Å². The monoisotopic (exact) mass is 262 g/mol. The van der Waals surface area contributed by atoms with Gasteiger partial charge >= 0.3 is 0 Å². The van der Waals surface area contributed by atoms with Gasteiger partial charge in [-0.25, -0.2) is 0 Å². The zero-order valence-corrected chi connectivity index (χ0v) is 11.3. The lowest BCUT2D eigenvalue weighted by Gasteiger charge is -2.31. The van der Waals surface area contributed by atoms with Crippen LogP contribution in [0.1, 0.15) is 35.7 Å². The number of carbonyl (C=O) groups is 1. The highest BCUT2D eigenvalue weighted by molar-refractivity contribution is 5.96. The van der Waals surface area contributed by atoms with Crippen LogP contribution in [-0.4, -0.2) is 28.8 Å². The largest absolute Gasteiger partial charge is 0.338 e. The molecule has 1 aromatic carbocycles. The summed E-state index contributed by atoms with van der Waals surface area (Å²) in [4.78, 5) is 24.7. The summed E-state index contributed by atoms with van der Waals surface area (Å²) in [5.74, 6) is 0.407. The molecule has 0 aliphatic carbocycles. The predicted molar refractivity (Wildman–Crippen MR) is 72.1 cm³/mol. The molecule has 1 atom stereocenters. The van der Waals surface area contributed by atoms with Crippen LogP contribution in [0.5, 0.6) is 0 Å². The fourth-order valence-corrected chi connectivity index (χ4v) is 2.60. The quantitative estimate of drug-likeness (QED) is 0.608. The summed E-state index contributed by atoms with van der Waals surface area (Å²) in [6.45, 7) is 5.24. The fourth-order valence-electron chi connectivity index (χ4n) is 2.60. The molecule has 1 saturated heterocycles. The first-order chi connectivity index (χ1) is 9.00. The van der Waals surface area contributed by atoms with E-state index in [9.17, 15) is 14.9 Å². The number of nitrogens with zero attached hydrogens (tertiary/aromatic N) is 2. The predicted octanol–water partition coefficient (Wildman–Crippen LogP) is 2.78. The van der Waals surface area contributed by atoms with Gasteiger partial charge in [0, 0.05) is 30.3 Å². The summed E-state index contributed by atoms with van der Waals surface area (Å²) >= 11 is 0. The maximum absolute atomic E-state index is 12.4. The normalized spacial score (nSPS) is 19.3. The topological polar surface area (TPSA) is 63.5 Å². The number of nitro groups is 1. The van der Waals surface area contributed by atoms with Crippen molar-refractivity contribution >= 4 is 11.6 Å². The van der Waals surface area contributed by atoms with E-state index in [4.69, 9.17) is 0 Å². The molecule has 0 aromatic heterocycles. The van der Waals surface area contributed by atoms with Crippen LogP contribution < -0.4 is 0 Å². The SMILES string of the molecule is Cc1c(C(=O)N2CCC[C@H](C)C2)cccc1[N+](=O)[O-]. The molecule has 1 heterocycles. The molecule has 1 amide bonds. The molecule has 0 bridgehead atoms. The smallest absolute Gasteiger partial charge is 0.273 e. The maximum atomic E-state index is 12.4. The van der Waals surface area contributed by atoms with Gasteiger partial charge in [-0.15, -0.1) is 0 Å². The number of nitro benzene ring substituents is 1. The van der Waals surface area contributed by atoms with E-state index in [1.807, 2.05) is 0 Å². The van der Waals surface area contributed by atoms with E-state index in [2.05, 4.69) is 6.92 Å². The molecule has 0 N–H and O–H groups in total. The molecule has 1 fully saturated rings. The van der Waals surface area contributed by atoms with Gasteiger partial charge in [-0.05, 0) is 31.7 Å². The molecule has 2 rings (SSSR count). The number of hydrogen-bond donors (Lipinski definition) is 0. The van der Waals surface area contributed by atoms with Crippen molar-refractivity contribution in [2.45, 2.75) is 26.7 Å². The Morgan fingerprint density at radius 1 is 1.47 bits per heavy atom. The first kappa shape index (κ1) is 13.5. The van der Waals surface area contributed by atoms with Crippen LogP contribution in [0.3, 0.4) is 0 Å². The molecule has 0 saturated carbocycles. The highest BCUT2D eigenvalue weighted by Gasteiger charge is 2.25. The number of carbonyl (C=O) groups excluding carboxylic acids is 1. The number of likely N-dealkylation sites (tertiary alicyclic amines) is 1. The number of hydrogen-bond acceptors (Lipinski definition) is 3. The fraction of sp³-hybridized carbons (Fsp3) is 0.500. The van der Waals surface area contributed by atoms with Gasteiger partial charge in [0.15, 0.2) is 0 Å². The summed E-state index contributed by atoms with van der Waals surface area (Å²) in [6, 6.07) is 4.68. The minimum absolute atomic E-state index is 0.0101. The third-order valence-electron chi connectivity index (χ3n) is 3.68. The molecule has 1 aliphatic rings. The van der Waals surface area contributed by atoms with Crippen LogP contribution in [-0.2, 0) is 0 Å². The van der Waals surface area contributed by atoms with E-state index >= 15 is 0 Å². The van der Waals surface area contributed by atoms with E-state index in [1.165, 1.54) is 6.07 Å². The molecular weight excluding hydrogens is 244 g/mol. The summed E-state index contributed by atoms with van der Waals surface area (Å²) in [5.41, 5.74) is 0.912. The van der Waals surface area contributed by atoms with Gasteiger partial charge in [0.2, 0.25) is 0 Å². The molecule has 0 radical (unpaired) electrons. The molecule has 1 aromatic rings. The van der Waals surface area contributed by atoms with Gasteiger partial charge in [-0.3, -0.25) is 14.9 Å². The second-order valence-corrected chi connectivity index (χ2v) is 5.21. The van der Waals surface area contributed by atoms with Crippen LogP contribution in [0.4, 0.5) is 5.69 Å². The lowest BCUT2D eigenvalue weighted by molar-refractivity contribution is -0.385. The molecule has 1 aliphatic heterocycles. The summed E-state index contributed by atoms with van der Waals surface area (Å²) in [5, 5.41) is 10.9. The van der Waals surface area contributed by atoms with Crippen molar-refractivity contribution in [3.63, 3.8) is 0 Å². The Morgan fingerprint density at radius 2 is 2.21 bits per heavy atom. The van der Waals surface area contributed by atoms with Crippen molar-refractivity contribution in [2.75, 3.05) is 13.1 Å². The second kappa shape index (κ2) is 5.38. The number of piperidine rings is 1. The van der Waals surface area contributed by atoms with E-state index in [0.29, 0.717) is 17.0 Å². The molecule has 19 heavy (non-hydrogen) atoms. The number of amides is 1. The Labute approximate surface area is 112 Å². The molecule has 5 heteroatoms. The number of rotatable bonds is 2. The number of benzene rings is 1. The van der Waals surface area contributed by atoms with Crippen molar-refractivity contribution in [3.05, 3.63) is 39.4 Å². The third kappa shape index (κ3) is 2.75. The highest BCUT2D eigenvalue weighted by atomic mass is 16.6. The van der Waals surface area contributed by atoms with Crippen molar-refractivity contribution in [1.82, 2.24) is 4.90 Å². The van der Waals surface area contributed by atoms with Crippen molar-refractivity contribution in [1.29, 1.82) is 0 Å². The van der Waals surface area contributed by atoms with E-state index in [0.717, 1.165) is 25.9 Å². The molecule has 0 spiro atoms. The average molecular weight is 262 g/mol. The summed E-state index contributed by atoms with van der Waals surface area (Å²) in [7, 11) is 0. The van der Waals surface area contributed by atoms with Gasteiger partial charge in [0.05, 0.1) is 4.92 Å². The molecule has 0 unspecified atom stereocenters. The molecule has 5 nitrogen and oxygen atoms in total. The lowest BCUT2D eigenvalue weighted by Crippen LogP contribution is -2.39. The zero-order chi connectivity index (χ0) is 14.0. The van der Waals surface area contributed by atoms with E-state index < -0.39 is 4.92 Å². The first-order valence-corrected chi connectivity index (χ1v) is 6.54. The summed E-state index contributed by atoms with van der Waals surface area (Å²) < 4.78 is 0. The second-order valence-electron chi connectivity index (χ2n) is 5.21. The molecular formula is C14H18N2O3. The van der Waals surface area contributed by atoms with Crippen LogP contribution in [0, 0.1) is 23.0 Å². The van der Waals surface area contributed by atoms with Crippen molar-refractivity contribution < 1.29 is 9.72 Å². The van der Waals surface area contributed by atoms with E-state index in [1.54, 1.807) is 24.0 Å². The van der Waals surface area contributed by atoms with Crippen LogP contribution in [0.15, 0.2) is 18.2 Å². The summed E-state index contributed by atoms with van der Waals surface area (Å²) in [6.07, 6.45) is 2.14. The highest BCUT2D eigenvalue weighted by Crippen LogP contribution is 2.24. The standard InChI is InChI=1S/C14H18N2O3/c1-10-5-4-8-15(9-10)14(17)12-6-3-7-13(11(12)2)16(18)19/h3,6-7,10H,4-5,8-9H2,1-2H3/t10-/m0/s1. The van der Waals surface area contributed by atoms with Gasteiger partial charge < -0.3 is 4.90 Å².